The van der Waals surface area contributed by atoms with Crippen molar-refractivity contribution in [2.24, 2.45) is 0 Å². The molecule has 5 aromatic rings. The van der Waals surface area contributed by atoms with E-state index in [9.17, 15) is 9.59 Å². The molecule has 0 aliphatic carbocycles. The molecule has 0 fully saturated rings. The Bertz CT molecular complexity index is 1530. The minimum atomic E-state index is -0.173. The summed E-state index contributed by atoms with van der Waals surface area (Å²) in [6, 6.07) is 23.1. The van der Waals surface area contributed by atoms with Gasteiger partial charge in [0.25, 0.3) is 5.91 Å². The first-order chi connectivity index (χ1) is 16.6. The van der Waals surface area contributed by atoms with Crippen molar-refractivity contribution in [3.8, 4) is 11.3 Å². The van der Waals surface area contributed by atoms with Crippen LogP contribution in [0.15, 0.2) is 94.3 Å². The van der Waals surface area contributed by atoms with Crippen LogP contribution in [0.25, 0.3) is 22.3 Å². The maximum absolute atomic E-state index is 12.8. The highest BCUT2D eigenvalue weighted by molar-refractivity contribution is 6.30. The largest absolute Gasteiger partial charge is 0.456 e. The van der Waals surface area contributed by atoms with Crippen LogP contribution in [0, 0.1) is 0 Å². The van der Waals surface area contributed by atoms with Gasteiger partial charge in [-0.2, -0.15) is 0 Å². The third kappa shape index (κ3) is 4.60. The average Bonchev–Trinajstić information content (AvgIpc) is 3.30. The highest BCUT2D eigenvalue weighted by Gasteiger charge is 2.11. The Labute approximate surface area is 199 Å². The summed E-state index contributed by atoms with van der Waals surface area (Å²) >= 11 is 5.95. The Morgan fingerprint density at radius 2 is 1.79 bits per heavy atom. The lowest BCUT2D eigenvalue weighted by Gasteiger charge is -2.09. The van der Waals surface area contributed by atoms with Crippen LogP contribution in [-0.4, -0.2) is 20.9 Å². The summed E-state index contributed by atoms with van der Waals surface area (Å²) in [5.41, 5.74) is 3.32. The molecule has 34 heavy (non-hydrogen) atoms. The number of benzene rings is 3. The molecule has 1 amide bonds. The third-order valence-corrected chi connectivity index (χ3v) is 5.67. The molecule has 0 radical (unpaired) electrons. The SMILES string of the molecule is O=C(NCc1cnnn1Cc1ccc2oc(-c3ccc(Cl)cc3)cc(=O)c2c1)c1ccccc1. The number of hydrogen-bond donors (Lipinski definition) is 1. The molecule has 0 aliphatic heterocycles. The second-order valence-electron chi connectivity index (χ2n) is 7.74. The predicted octanol–water partition coefficient (Wildman–Crippen LogP) is 4.68. The molecule has 1 N–H and O–H groups in total. The molecule has 0 aliphatic rings. The van der Waals surface area contributed by atoms with Gasteiger partial charge in [-0.05, 0) is 54.1 Å². The number of nitrogens with zero attached hydrogens (tertiary/aromatic N) is 3. The van der Waals surface area contributed by atoms with Crippen molar-refractivity contribution in [2.75, 3.05) is 0 Å². The summed E-state index contributed by atoms with van der Waals surface area (Å²) < 4.78 is 7.65. The number of aromatic nitrogens is 3. The second kappa shape index (κ2) is 9.33. The number of rotatable bonds is 6. The molecular formula is C26H19ClN4O3. The van der Waals surface area contributed by atoms with Crippen LogP contribution in [0.4, 0.5) is 0 Å². The van der Waals surface area contributed by atoms with Crippen LogP contribution in [-0.2, 0) is 13.1 Å². The fourth-order valence-corrected chi connectivity index (χ4v) is 3.77. The Morgan fingerprint density at radius 1 is 1.00 bits per heavy atom. The normalized spacial score (nSPS) is 11.0. The van der Waals surface area contributed by atoms with Gasteiger partial charge >= 0.3 is 0 Å². The average molecular weight is 471 g/mol. The van der Waals surface area contributed by atoms with E-state index in [1.54, 1.807) is 47.3 Å². The lowest BCUT2D eigenvalue weighted by Crippen LogP contribution is -2.24. The number of nitrogens with one attached hydrogen (secondary N) is 1. The van der Waals surface area contributed by atoms with Gasteiger partial charge in [-0.1, -0.05) is 41.1 Å². The van der Waals surface area contributed by atoms with Crippen molar-refractivity contribution < 1.29 is 9.21 Å². The summed E-state index contributed by atoms with van der Waals surface area (Å²) in [4.78, 5) is 25.1. The van der Waals surface area contributed by atoms with E-state index in [0.717, 1.165) is 16.8 Å². The van der Waals surface area contributed by atoms with Gasteiger partial charge in [-0.25, -0.2) is 4.68 Å². The minimum Gasteiger partial charge on any atom is -0.456 e. The zero-order valence-corrected chi connectivity index (χ0v) is 18.7. The third-order valence-electron chi connectivity index (χ3n) is 5.42. The topological polar surface area (TPSA) is 90.0 Å². The van der Waals surface area contributed by atoms with E-state index in [-0.39, 0.29) is 17.9 Å². The quantitative estimate of drug-likeness (QED) is 0.389. The van der Waals surface area contributed by atoms with E-state index in [0.29, 0.717) is 33.9 Å². The van der Waals surface area contributed by atoms with Gasteiger partial charge in [0.05, 0.1) is 30.4 Å². The summed E-state index contributed by atoms with van der Waals surface area (Å²) in [6.07, 6.45) is 1.61. The number of carbonyl (C=O) groups excluding carboxylic acids is 1. The summed E-state index contributed by atoms with van der Waals surface area (Å²) in [5, 5.41) is 12.1. The van der Waals surface area contributed by atoms with Crippen LogP contribution < -0.4 is 10.7 Å². The number of fused-ring (bicyclic) bond motifs is 1. The summed E-state index contributed by atoms with van der Waals surface area (Å²) in [6.45, 7) is 0.672. The summed E-state index contributed by atoms with van der Waals surface area (Å²) in [7, 11) is 0. The van der Waals surface area contributed by atoms with Crippen molar-refractivity contribution in [1.82, 2.24) is 20.3 Å². The predicted molar refractivity (Wildman–Crippen MR) is 130 cm³/mol. The molecule has 8 heteroatoms. The first-order valence-corrected chi connectivity index (χ1v) is 11.0. The maximum Gasteiger partial charge on any atom is 0.251 e. The van der Waals surface area contributed by atoms with Crippen LogP contribution in [0.1, 0.15) is 21.6 Å². The maximum atomic E-state index is 12.8. The van der Waals surface area contributed by atoms with Crippen molar-refractivity contribution in [1.29, 1.82) is 0 Å². The highest BCUT2D eigenvalue weighted by atomic mass is 35.5. The highest BCUT2D eigenvalue weighted by Crippen LogP contribution is 2.24. The Morgan fingerprint density at radius 3 is 2.59 bits per heavy atom. The van der Waals surface area contributed by atoms with Gasteiger partial charge in [0.1, 0.15) is 11.3 Å². The van der Waals surface area contributed by atoms with Gasteiger partial charge in [0.15, 0.2) is 5.43 Å². The number of halogens is 1. The lowest BCUT2D eigenvalue weighted by molar-refractivity contribution is 0.0950. The monoisotopic (exact) mass is 470 g/mol. The lowest BCUT2D eigenvalue weighted by atomic mass is 10.1. The zero-order chi connectivity index (χ0) is 23.5. The van der Waals surface area contributed by atoms with Crippen molar-refractivity contribution in [2.45, 2.75) is 13.1 Å². The van der Waals surface area contributed by atoms with Crippen LogP contribution >= 0.6 is 11.6 Å². The molecule has 3 aromatic carbocycles. The molecule has 0 bridgehead atoms. The molecule has 0 atom stereocenters. The van der Waals surface area contributed by atoms with Crippen LogP contribution in [0.2, 0.25) is 5.02 Å². The van der Waals surface area contributed by atoms with E-state index in [4.69, 9.17) is 16.0 Å². The first kappa shape index (κ1) is 21.6. The molecule has 2 aromatic heterocycles. The van der Waals surface area contributed by atoms with Crippen molar-refractivity contribution in [3.63, 3.8) is 0 Å². The molecule has 0 saturated heterocycles. The number of amides is 1. The summed E-state index contributed by atoms with van der Waals surface area (Å²) in [5.74, 6) is 0.308. The smallest absolute Gasteiger partial charge is 0.251 e. The molecule has 0 saturated carbocycles. The van der Waals surface area contributed by atoms with Gasteiger partial charge in [-0.15, -0.1) is 5.10 Å². The van der Waals surface area contributed by atoms with E-state index >= 15 is 0 Å². The fraction of sp³-hybridized carbons (Fsp3) is 0.0769. The first-order valence-electron chi connectivity index (χ1n) is 10.6. The molecular weight excluding hydrogens is 452 g/mol. The second-order valence-corrected chi connectivity index (χ2v) is 8.18. The number of hydrogen-bond acceptors (Lipinski definition) is 5. The Hall–Kier alpha value is -4.23. The van der Waals surface area contributed by atoms with E-state index in [1.807, 2.05) is 36.4 Å². The minimum absolute atomic E-state index is 0.137. The molecule has 0 spiro atoms. The molecule has 5 rings (SSSR count). The molecule has 168 valence electrons. The molecule has 2 heterocycles. The Balaban J connectivity index is 1.35. The van der Waals surface area contributed by atoms with E-state index in [2.05, 4.69) is 15.6 Å². The molecule has 7 nitrogen and oxygen atoms in total. The van der Waals surface area contributed by atoms with E-state index < -0.39 is 0 Å². The Kier molecular flexibility index (Phi) is 5.93. The fourth-order valence-electron chi connectivity index (χ4n) is 3.64. The zero-order valence-electron chi connectivity index (χ0n) is 17.9. The van der Waals surface area contributed by atoms with Crippen molar-refractivity contribution in [3.05, 3.63) is 117 Å². The van der Waals surface area contributed by atoms with Gasteiger partial charge in [0.2, 0.25) is 0 Å². The molecule has 0 unspecified atom stereocenters. The standard InChI is InChI=1S/C26H19ClN4O3/c27-20-9-7-18(8-10-20)25-13-23(32)22-12-17(6-11-24(22)34-25)16-31-21(15-29-30-31)14-28-26(33)19-4-2-1-3-5-19/h1-13,15H,14,16H2,(H,28,33). The van der Waals surface area contributed by atoms with Gasteiger partial charge in [0, 0.05) is 22.2 Å². The van der Waals surface area contributed by atoms with Gasteiger partial charge in [-0.3, -0.25) is 9.59 Å². The number of carbonyl (C=O) groups is 1. The van der Waals surface area contributed by atoms with E-state index in [1.165, 1.54) is 6.07 Å². The van der Waals surface area contributed by atoms with Gasteiger partial charge < -0.3 is 9.73 Å². The van der Waals surface area contributed by atoms with Crippen LogP contribution in [0.5, 0.6) is 0 Å². The van der Waals surface area contributed by atoms with Crippen molar-refractivity contribution >= 4 is 28.5 Å². The van der Waals surface area contributed by atoms with Crippen LogP contribution in [0.3, 0.4) is 0 Å².